The van der Waals surface area contributed by atoms with Crippen molar-refractivity contribution in [2.75, 3.05) is 7.11 Å². The maximum atomic E-state index is 9.28. The SMILES string of the molecule is COc1ccc(C(NO)c2ccccc2)cc1. The van der Waals surface area contributed by atoms with Gasteiger partial charge < -0.3 is 9.94 Å². The minimum absolute atomic E-state index is 0.220. The molecule has 2 aromatic rings. The van der Waals surface area contributed by atoms with E-state index in [4.69, 9.17) is 4.74 Å². The minimum Gasteiger partial charge on any atom is -0.497 e. The van der Waals surface area contributed by atoms with E-state index in [0.717, 1.165) is 16.9 Å². The van der Waals surface area contributed by atoms with E-state index >= 15 is 0 Å². The Morgan fingerprint density at radius 3 is 2.06 bits per heavy atom. The van der Waals surface area contributed by atoms with Crippen molar-refractivity contribution < 1.29 is 9.94 Å². The molecule has 3 nitrogen and oxygen atoms in total. The summed E-state index contributed by atoms with van der Waals surface area (Å²) in [6, 6.07) is 17.2. The molecule has 17 heavy (non-hydrogen) atoms. The lowest BCUT2D eigenvalue weighted by atomic mass is 9.99. The molecule has 0 aromatic heterocycles. The molecule has 0 saturated carbocycles. The Labute approximate surface area is 101 Å². The third-order valence-electron chi connectivity index (χ3n) is 2.71. The number of hydrogen-bond donors (Lipinski definition) is 2. The average Bonchev–Trinajstić information content (AvgIpc) is 2.42. The molecule has 0 aliphatic rings. The molecule has 0 aliphatic carbocycles. The molecule has 0 aliphatic heterocycles. The number of benzene rings is 2. The summed E-state index contributed by atoms with van der Waals surface area (Å²) < 4.78 is 5.11. The van der Waals surface area contributed by atoms with Crippen LogP contribution in [0.3, 0.4) is 0 Å². The van der Waals surface area contributed by atoms with Gasteiger partial charge >= 0.3 is 0 Å². The summed E-state index contributed by atoms with van der Waals surface area (Å²) in [4.78, 5) is 0. The van der Waals surface area contributed by atoms with Crippen LogP contribution in [-0.2, 0) is 0 Å². The fraction of sp³-hybridized carbons (Fsp3) is 0.143. The Kier molecular flexibility index (Phi) is 3.75. The zero-order chi connectivity index (χ0) is 12.1. The highest BCUT2D eigenvalue weighted by Crippen LogP contribution is 2.23. The van der Waals surface area contributed by atoms with Gasteiger partial charge in [0, 0.05) is 0 Å². The molecular formula is C14H15NO2. The third-order valence-corrected chi connectivity index (χ3v) is 2.71. The monoisotopic (exact) mass is 229 g/mol. The number of methoxy groups -OCH3 is 1. The van der Waals surface area contributed by atoms with E-state index in [0.29, 0.717) is 0 Å². The van der Waals surface area contributed by atoms with Crippen LogP contribution in [0.5, 0.6) is 5.75 Å². The van der Waals surface area contributed by atoms with Crippen LogP contribution < -0.4 is 10.2 Å². The number of rotatable bonds is 4. The fourth-order valence-corrected chi connectivity index (χ4v) is 1.78. The number of hydrogen-bond acceptors (Lipinski definition) is 3. The molecule has 0 spiro atoms. The van der Waals surface area contributed by atoms with E-state index in [1.165, 1.54) is 0 Å². The Morgan fingerprint density at radius 1 is 0.941 bits per heavy atom. The normalized spacial score (nSPS) is 12.1. The van der Waals surface area contributed by atoms with Crippen LogP contribution in [0.4, 0.5) is 0 Å². The second-order valence-corrected chi connectivity index (χ2v) is 3.75. The van der Waals surface area contributed by atoms with Gasteiger partial charge in [-0.3, -0.25) is 0 Å². The van der Waals surface area contributed by atoms with Gasteiger partial charge in [-0.15, -0.1) is 0 Å². The molecule has 2 N–H and O–H groups in total. The fourth-order valence-electron chi connectivity index (χ4n) is 1.78. The summed E-state index contributed by atoms with van der Waals surface area (Å²) >= 11 is 0. The van der Waals surface area contributed by atoms with Gasteiger partial charge in [0.2, 0.25) is 0 Å². The smallest absolute Gasteiger partial charge is 0.118 e. The molecule has 3 heteroatoms. The van der Waals surface area contributed by atoms with E-state index in [9.17, 15) is 5.21 Å². The topological polar surface area (TPSA) is 41.5 Å². The Balaban J connectivity index is 2.29. The van der Waals surface area contributed by atoms with Gasteiger partial charge in [-0.25, -0.2) is 0 Å². The van der Waals surface area contributed by atoms with E-state index in [2.05, 4.69) is 5.48 Å². The second-order valence-electron chi connectivity index (χ2n) is 3.75. The van der Waals surface area contributed by atoms with Crippen molar-refractivity contribution in [1.29, 1.82) is 0 Å². The van der Waals surface area contributed by atoms with Crippen LogP contribution in [0.1, 0.15) is 17.2 Å². The largest absolute Gasteiger partial charge is 0.497 e. The number of nitrogens with one attached hydrogen (secondary N) is 1. The van der Waals surface area contributed by atoms with E-state index in [-0.39, 0.29) is 6.04 Å². The van der Waals surface area contributed by atoms with Crippen molar-refractivity contribution in [3.63, 3.8) is 0 Å². The van der Waals surface area contributed by atoms with Gasteiger partial charge in [0.05, 0.1) is 13.2 Å². The summed E-state index contributed by atoms with van der Waals surface area (Å²) in [7, 11) is 1.63. The number of ether oxygens (including phenoxy) is 1. The summed E-state index contributed by atoms with van der Waals surface area (Å²) in [5, 5.41) is 9.28. The Morgan fingerprint density at radius 2 is 1.53 bits per heavy atom. The first-order chi connectivity index (χ1) is 8.35. The predicted octanol–water partition coefficient (Wildman–Crippen LogP) is 2.76. The molecule has 88 valence electrons. The van der Waals surface area contributed by atoms with Crippen LogP contribution in [0.15, 0.2) is 54.6 Å². The van der Waals surface area contributed by atoms with Crippen molar-refractivity contribution in [2.24, 2.45) is 0 Å². The van der Waals surface area contributed by atoms with Crippen LogP contribution in [0.2, 0.25) is 0 Å². The molecule has 0 radical (unpaired) electrons. The standard InChI is InChI=1S/C14H15NO2/c1-17-13-9-7-12(8-10-13)14(15-16)11-5-3-2-4-6-11/h2-10,14-16H,1H3. The van der Waals surface area contributed by atoms with Gasteiger partial charge in [0.1, 0.15) is 5.75 Å². The Hall–Kier alpha value is -1.84. The maximum absolute atomic E-state index is 9.28. The second kappa shape index (κ2) is 5.48. The highest BCUT2D eigenvalue weighted by Gasteiger charge is 2.12. The van der Waals surface area contributed by atoms with Gasteiger partial charge in [0.15, 0.2) is 0 Å². The zero-order valence-corrected chi connectivity index (χ0v) is 9.63. The summed E-state index contributed by atoms with van der Waals surface area (Å²) in [5.41, 5.74) is 4.33. The van der Waals surface area contributed by atoms with Gasteiger partial charge in [-0.1, -0.05) is 42.5 Å². The highest BCUT2D eigenvalue weighted by molar-refractivity contribution is 5.35. The molecule has 1 atom stereocenters. The third kappa shape index (κ3) is 2.64. The van der Waals surface area contributed by atoms with Gasteiger partial charge in [-0.2, -0.15) is 5.48 Å². The van der Waals surface area contributed by atoms with Crippen LogP contribution in [0, 0.1) is 0 Å². The highest BCUT2D eigenvalue weighted by atomic mass is 16.5. The lowest BCUT2D eigenvalue weighted by Gasteiger charge is -2.16. The molecular weight excluding hydrogens is 214 g/mol. The van der Waals surface area contributed by atoms with Gasteiger partial charge in [-0.05, 0) is 23.3 Å². The minimum atomic E-state index is -0.220. The predicted molar refractivity (Wildman–Crippen MR) is 66.2 cm³/mol. The summed E-state index contributed by atoms with van der Waals surface area (Å²) in [5.74, 6) is 0.804. The molecule has 1 unspecified atom stereocenters. The van der Waals surface area contributed by atoms with Crippen LogP contribution in [0.25, 0.3) is 0 Å². The van der Waals surface area contributed by atoms with Crippen molar-refractivity contribution in [2.45, 2.75) is 6.04 Å². The van der Waals surface area contributed by atoms with Crippen molar-refractivity contribution in [3.8, 4) is 5.75 Å². The molecule has 0 heterocycles. The molecule has 0 bridgehead atoms. The van der Waals surface area contributed by atoms with E-state index in [1.54, 1.807) is 7.11 Å². The van der Waals surface area contributed by atoms with Gasteiger partial charge in [0.25, 0.3) is 0 Å². The summed E-state index contributed by atoms with van der Waals surface area (Å²) in [6.07, 6.45) is 0. The molecule has 0 saturated heterocycles. The van der Waals surface area contributed by atoms with Crippen LogP contribution in [-0.4, -0.2) is 12.3 Å². The zero-order valence-electron chi connectivity index (χ0n) is 9.63. The summed E-state index contributed by atoms with van der Waals surface area (Å²) in [6.45, 7) is 0. The number of hydroxylamine groups is 1. The van der Waals surface area contributed by atoms with Crippen molar-refractivity contribution in [3.05, 3.63) is 65.7 Å². The van der Waals surface area contributed by atoms with E-state index < -0.39 is 0 Å². The first-order valence-electron chi connectivity index (χ1n) is 5.43. The first-order valence-corrected chi connectivity index (χ1v) is 5.43. The van der Waals surface area contributed by atoms with Crippen molar-refractivity contribution in [1.82, 2.24) is 5.48 Å². The first kappa shape index (κ1) is 11.6. The quantitative estimate of drug-likeness (QED) is 0.792. The molecule has 0 amide bonds. The maximum Gasteiger partial charge on any atom is 0.118 e. The molecule has 2 aromatic carbocycles. The molecule has 2 rings (SSSR count). The van der Waals surface area contributed by atoms with Crippen molar-refractivity contribution >= 4 is 0 Å². The average molecular weight is 229 g/mol. The lowest BCUT2D eigenvalue weighted by Crippen LogP contribution is -2.18. The van der Waals surface area contributed by atoms with E-state index in [1.807, 2.05) is 54.6 Å². The lowest BCUT2D eigenvalue weighted by molar-refractivity contribution is 0.141. The Bertz CT molecular complexity index is 453. The molecule has 0 fully saturated rings. The van der Waals surface area contributed by atoms with Crippen LogP contribution >= 0.6 is 0 Å².